The zero-order valence-corrected chi connectivity index (χ0v) is 12.7. The van der Waals surface area contributed by atoms with Gasteiger partial charge in [0.15, 0.2) is 0 Å². The molecule has 0 aliphatic carbocycles. The van der Waals surface area contributed by atoms with Gasteiger partial charge >= 0.3 is 0 Å². The first-order chi connectivity index (χ1) is 10.1. The van der Waals surface area contributed by atoms with Crippen LogP contribution in [0.2, 0.25) is 0 Å². The summed E-state index contributed by atoms with van der Waals surface area (Å²) >= 11 is 0. The van der Waals surface area contributed by atoms with E-state index in [2.05, 4.69) is 5.32 Å². The molecule has 0 saturated carbocycles. The van der Waals surface area contributed by atoms with Gasteiger partial charge in [0.2, 0.25) is 0 Å². The predicted molar refractivity (Wildman–Crippen MR) is 83.6 cm³/mol. The van der Waals surface area contributed by atoms with Crippen molar-refractivity contribution in [2.24, 2.45) is 0 Å². The van der Waals surface area contributed by atoms with Gasteiger partial charge in [0.05, 0.1) is 6.61 Å². The third-order valence-corrected chi connectivity index (χ3v) is 3.60. The van der Waals surface area contributed by atoms with E-state index in [4.69, 9.17) is 9.47 Å². The molecule has 2 rings (SSSR count). The first kappa shape index (κ1) is 15.5. The van der Waals surface area contributed by atoms with Crippen molar-refractivity contribution < 1.29 is 14.3 Å². The second kappa shape index (κ2) is 6.70. The molecule has 0 bridgehead atoms. The van der Waals surface area contributed by atoms with Gasteiger partial charge in [0.25, 0.3) is 5.91 Å². The van der Waals surface area contributed by atoms with E-state index in [0.717, 1.165) is 10.8 Å². The van der Waals surface area contributed by atoms with Gasteiger partial charge in [0.1, 0.15) is 5.60 Å². The van der Waals surface area contributed by atoms with Crippen molar-refractivity contribution in [3.63, 3.8) is 0 Å². The van der Waals surface area contributed by atoms with Crippen molar-refractivity contribution in [2.45, 2.75) is 12.5 Å². The van der Waals surface area contributed by atoms with Gasteiger partial charge in [-0.05, 0) is 23.8 Å². The lowest BCUT2D eigenvalue weighted by Gasteiger charge is -2.27. The number of methoxy groups -OCH3 is 2. The van der Waals surface area contributed by atoms with E-state index in [9.17, 15) is 4.79 Å². The number of hydrogen-bond donors (Lipinski definition) is 1. The summed E-state index contributed by atoms with van der Waals surface area (Å²) in [5.41, 5.74) is 0.138. The lowest BCUT2D eigenvalue weighted by molar-refractivity contribution is -0.0479. The quantitative estimate of drug-likeness (QED) is 0.888. The second-order valence-electron chi connectivity index (χ2n) is 5.30. The van der Waals surface area contributed by atoms with Crippen molar-refractivity contribution in [1.82, 2.24) is 5.32 Å². The van der Waals surface area contributed by atoms with Gasteiger partial charge in [-0.15, -0.1) is 0 Å². The van der Waals surface area contributed by atoms with Gasteiger partial charge in [-0.3, -0.25) is 4.79 Å². The molecule has 1 amide bonds. The summed E-state index contributed by atoms with van der Waals surface area (Å²) in [4.78, 5) is 12.4. The van der Waals surface area contributed by atoms with Crippen molar-refractivity contribution >= 4 is 16.7 Å². The molecule has 4 heteroatoms. The van der Waals surface area contributed by atoms with Crippen LogP contribution in [-0.2, 0) is 9.47 Å². The molecule has 4 nitrogen and oxygen atoms in total. The van der Waals surface area contributed by atoms with Crippen LogP contribution in [0.25, 0.3) is 10.8 Å². The Balaban J connectivity index is 2.16. The van der Waals surface area contributed by atoms with E-state index in [1.807, 2.05) is 49.4 Å². The van der Waals surface area contributed by atoms with Gasteiger partial charge in [-0.1, -0.05) is 36.4 Å². The lowest BCUT2D eigenvalue weighted by Crippen LogP contribution is -2.45. The van der Waals surface area contributed by atoms with Crippen molar-refractivity contribution in [3.05, 3.63) is 48.0 Å². The molecular formula is C17H21NO3. The standard InChI is InChI=1S/C17H21NO3/c1-17(21-3,12-20-2)11-18-16(19)15-10-6-8-13-7-4-5-9-14(13)15/h4-10H,11-12H2,1-3H3,(H,18,19). The minimum absolute atomic E-state index is 0.105. The van der Waals surface area contributed by atoms with Crippen LogP contribution in [-0.4, -0.2) is 38.9 Å². The highest BCUT2D eigenvalue weighted by atomic mass is 16.5. The summed E-state index contributed by atoms with van der Waals surface area (Å²) in [5.74, 6) is -0.105. The maximum Gasteiger partial charge on any atom is 0.252 e. The number of carbonyl (C=O) groups excluding carboxylic acids is 1. The SMILES string of the molecule is COCC(C)(CNC(=O)c1cccc2ccccc12)OC. The largest absolute Gasteiger partial charge is 0.382 e. The summed E-state index contributed by atoms with van der Waals surface area (Å²) in [7, 11) is 3.23. The number of fused-ring (bicyclic) bond motifs is 1. The van der Waals surface area contributed by atoms with Crippen molar-refractivity contribution in [1.29, 1.82) is 0 Å². The highest BCUT2D eigenvalue weighted by Crippen LogP contribution is 2.18. The third-order valence-electron chi connectivity index (χ3n) is 3.60. The molecule has 0 radical (unpaired) electrons. The average molecular weight is 287 g/mol. The minimum atomic E-state index is -0.533. The summed E-state index contributed by atoms with van der Waals surface area (Å²) in [5, 5.41) is 4.92. The number of amides is 1. The number of hydrogen-bond acceptors (Lipinski definition) is 3. The Morgan fingerprint density at radius 1 is 1.14 bits per heavy atom. The first-order valence-corrected chi connectivity index (χ1v) is 6.90. The highest BCUT2D eigenvalue weighted by molar-refractivity contribution is 6.07. The summed E-state index contributed by atoms with van der Waals surface area (Å²) in [6.07, 6.45) is 0. The molecule has 0 aromatic heterocycles. The highest BCUT2D eigenvalue weighted by Gasteiger charge is 2.24. The van der Waals surface area contributed by atoms with Crippen molar-refractivity contribution in [2.75, 3.05) is 27.4 Å². The maximum atomic E-state index is 12.4. The number of carbonyl (C=O) groups is 1. The molecule has 0 spiro atoms. The van der Waals surface area contributed by atoms with Gasteiger partial charge in [0, 0.05) is 26.3 Å². The molecule has 21 heavy (non-hydrogen) atoms. The molecule has 0 saturated heterocycles. The fourth-order valence-corrected chi connectivity index (χ4v) is 2.27. The summed E-state index contributed by atoms with van der Waals surface area (Å²) < 4.78 is 10.5. The van der Waals surface area contributed by atoms with Crippen LogP contribution in [0.4, 0.5) is 0 Å². The Labute approximate surface area is 125 Å². The van der Waals surface area contributed by atoms with E-state index >= 15 is 0 Å². The maximum absolute atomic E-state index is 12.4. The number of rotatable bonds is 6. The lowest BCUT2D eigenvalue weighted by atomic mass is 10.0. The molecular weight excluding hydrogens is 266 g/mol. The van der Waals surface area contributed by atoms with Crippen LogP contribution in [0, 0.1) is 0 Å². The van der Waals surface area contributed by atoms with Crippen LogP contribution in [0.15, 0.2) is 42.5 Å². The van der Waals surface area contributed by atoms with E-state index in [0.29, 0.717) is 18.7 Å². The van der Waals surface area contributed by atoms with Crippen LogP contribution in [0.3, 0.4) is 0 Å². The van der Waals surface area contributed by atoms with E-state index in [1.165, 1.54) is 0 Å². The van der Waals surface area contributed by atoms with Gasteiger partial charge in [-0.2, -0.15) is 0 Å². The topological polar surface area (TPSA) is 47.6 Å². The predicted octanol–water partition coefficient (Wildman–Crippen LogP) is 2.62. The summed E-state index contributed by atoms with van der Waals surface area (Å²) in [6.45, 7) is 2.71. The Kier molecular flexibility index (Phi) is 4.94. The second-order valence-corrected chi connectivity index (χ2v) is 5.30. The van der Waals surface area contributed by atoms with Crippen LogP contribution < -0.4 is 5.32 Å². The smallest absolute Gasteiger partial charge is 0.252 e. The molecule has 0 fully saturated rings. The monoisotopic (exact) mass is 287 g/mol. The fraction of sp³-hybridized carbons (Fsp3) is 0.353. The Hall–Kier alpha value is -1.91. The molecule has 1 N–H and O–H groups in total. The number of ether oxygens (including phenoxy) is 2. The third kappa shape index (κ3) is 3.60. The summed E-state index contributed by atoms with van der Waals surface area (Å²) in [6, 6.07) is 13.6. The number of nitrogens with one attached hydrogen (secondary N) is 1. The molecule has 0 heterocycles. The molecule has 0 aliphatic heterocycles. The zero-order chi connectivity index (χ0) is 15.3. The van der Waals surface area contributed by atoms with E-state index < -0.39 is 5.60 Å². The average Bonchev–Trinajstić information content (AvgIpc) is 2.52. The first-order valence-electron chi connectivity index (χ1n) is 6.90. The van der Waals surface area contributed by atoms with E-state index in [1.54, 1.807) is 14.2 Å². The van der Waals surface area contributed by atoms with Crippen molar-refractivity contribution in [3.8, 4) is 0 Å². The molecule has 112 valence electrons. The van der Waals surface area contributed by atoms with Crippen LogP contribution in [0.5, 0.6) is 0 Å². The molecule has 1 unspecified atom stereocenters. The van der Waals surface area contributed by atoms with Crippen LogP contribution in [0.1, 0.15) is 17.3 Å². The number of benzene rings is 2. The van der Waals surface area contributed by atoms with Crippen LogP contribution >= 0.6 is 0 Å². The Morgan fingerprint density at radius 3 is 2.57 bits per heavy atom. The molecule has 2 aromatic rings. The van der Waals surface area contributed by atoms with Gasteiger partial charge in [-0.25, -0.2) is 0 Å². The normalized spacial score (nSPS) is 13.9. The Bertz CT molecular complexity index is 621. The molecule has 0 aliphatic rings. The molecule has 1 atom stereocenters. The fourth-order valence-electron chi connectivity index (χ4n) is 2.27. The van der Waals surface area contributed by atoms with Gasteiger partial charge < -0.3 is 14.8 Å². The Morgan fingerprint density at radius 2 is 1.86 bits per heavy atom. The van der Waals surface area contributed by atoms with E-state index in [-0.39, 0.29) is 5.91 Å². The zero-order valence-electron chi connectivity index (χ0n) is 12.7. The minimum Gasteiger partial charge on any atom is -0.382 e. The molecule has 2 aromatic carbocycles.